The Kier molecular flexibility index (Phi) is 9.62. The predicted octanol–water partition coefficient (Wildman–Crippen LogP) is 5.37. The number of likely N-dealkylation sites (tertiary alicyclic amines) is 1. The Morgan fingerprint density at radius 3 is 2.69 bits per heavy atom. The Balaban J connectivity index is 1.21. The average molecular weight is 672 g/mol. The zero-order valence-corrected chi connectivity index (χ0v) is 27.4. The number of halogens is 2. The number of carbonyl (C=O) groups excluding carboxylic acids is 1. The first-order chi connectivity index (χ1) is 21.7. The molecule has 0 radical (unpaired) electrons. The zero-order valence-electron chi connectivity index (χ0n) is 25.1. The van der Waals surface area contributed by atoms with Crippen LogP contribution in [0.1, 0.15) is 43.4 Å². The number of hydrogen-bond donors (Lipinski definition) is 1. The maximum atomic E-state index is 13.9. The molecule has 0 aliphatic carbocycles. The number of fused-ring (bicyclic) bond motifs is 1. The summed E-state index contributed by atoms with van der Waals surface area (Å²) in [5.41, 5.74) is 2.67. The van der Waals surface area contributed by atoms with Gasteiger partial charge in [0.1, 0.15) is 28.8 Å². The van der Waals surface area contributed by atoms with Gasteiger partial charge in [-0.1, -0.05) is 41.8 Å². The minimum Gasteiger partial charge on any atom is -0.487 e. The fourth-order valence-corrected chi connectivity index (χ4v) is 8.69. The molecule has 1 atom stereocenters. The van der Waals surface area contributed by atoms with Crippen LogP contribution in [-0.4, -0.2) is 76.8 Å². The lowest BCUT2D eigenvalue weighted by Crippen LogP contribution is -2.47. The zero-order chi connectivity index (χ0) is 31.6. The lowest BCUT2D eigenvalue weighted by atomic mass is 10.1. The first-order valence-electron chi connectivity index (χ1n) is 15.2. The van der Waals surface area contributed by atoms with Crippen molar-refractivity contribution in [3.63, 3.8) is 0 Å². The van der Waals surface area contributed by atoms with Crippen LogP contribution in [0.2, 0.25) is 10.0 Å². The number of benzene rings is 2. The number of imidazole rings is 1. The molecule has 0 bridgehead atoms. The fourth-order valence-electron chi connectivity index (χ4n) is 6.17. The number of sulfonamides is 1. The Hall–Kier alpha value is -3.22. The molecule has 0 spiro atoms. The van der Waals surface area contributed by atoms with Crippen molar-refractivity contribution in [2.45, 2.75) is 56.6 Å². The van der Waals surface area contributed by atoms with E-state index in [-0.39, 0.29) is 34.0 Å². The van der Waals surface area contributed by atoms with Crippen molar-refractivity contribution in [3.8, 4) is 11.4 Å². The molecule has 2 aliphatic rings. The number of hydrogen-bond acceptors (Lipinski definition) is 7. The number of pyridine rings is 1. The summed E-state index contributed by atoms with van der Waals surface area (Å²) in [6, 6.07) is 9.69. The first kappa shape index (κ1) is 31.7. The summed E-state index contributed by atoms with van der Waals surface area (Å²) in [6.45, 7) is 5.36. The van der Waals surface area contributed by atoms with Crippen LogP contribution in [-0.2, 0) is 21.4 Å². The summed E-state index contributed by atoms with van der Waals surface area (Å²) < 4.78 is 37.3. The summed E-state index contributed by atoms with van der Waals surface area (Å²) in [6.07, 6.45) is 9.90. The molecule has 2 aliphatic heterocycles. The van der Waals surface area contributed by atoms with E-state index >= 15 is 0 Å². The molecule has 4 aromatic rings. The highest BCUT2D eigenvalue weighted by molar-refractivity contribution is 7.89. The third kappa shape index (κ3) is 6.69. The molecule has 4 heterocycles. The lowest BCUT2D eigenvalue weighted by molar-refractivity contribution is -0.124. The number of piperidine rings is 1. The van der Waals surface area contributed by atoms with Crippen molar-refractivity contribution in [2.75, 3.05) is 32.7 Å². The van der Waals surface area contributed by atoms with E-state index in [1.165, 1.54) is 35.7 Å². The summed E-state index contributed by atoms with van der Waals surface area (Å²) in [4.78, 5) is 24.3. The Morgan fingerprint density at radius 1 is 1.09 bits per heavy atom. The lowest BCUT2D eigenvalue weighted by Gasteiger charge is -2.27. The molecule has 10 nitrogen and oxygen atoms in total. The van der Waals surface area contributed by atoms with E-state index in [4.69, 9.17) is 32.9 Å². The van der Waals surface area contributed by atoms with Crippen molar-refractivity contribution in [1.82, 2.24) is 29.1 Å². The first-order valence-corrected chi connectivity index (χ1v) is 17.4. The topological polar surface area (TPSA) is 110 Å². The smallest absolute Gasteiger partial charge is 0.245 e. The van der Waals surface area contributed by atoms with Crippen molar-refractivity contribution in [3.05, 3.63) is 76.4 Å². The van der Waals surface area contributed by atoms with Crippen LogP contribution in [0, 0.1) is 6.92 Å². The highest BCUT2D eigenvalue weighted by atomic mass is 35.5. The number of carbonyl (C=O) groups is 1. The number of nitrogens with zero attached hydrogens (tertiary/aromatic N) is 5. The predicted molar refractivity (Wildman–Crippen MR) is 175 cm³/mol. The number of rotatable bonds is 10. The van der Waals surface area contributed by atoms with Gasteiger partial charge >= 0.3 is 0 Å². The minimum atomic E-state index is -4.11. The number of aromatic nitrogens is 3. The number of amides is 1. The van der Waals surface area contributed by atoms with Crippen LogP contribution in [0.3, 0.4) is 0 Å². The van der Waals surface area contributed by atoms with Gasteiger partial charge in [0.25, 0.3) is 0 Å². The third-order valence-electron chi connectivity index (χ3n) is 8.48. The number of aryl methyl sites for hydroxylation is 1. The van der Waals surface area contributed by atoms with E-state index in [0.717, 1.165) is 36.4 Å². The standard InChI is InChI=1S/C32H36Cl2N6O4S/c1-22-19-27(39-18-12-35-21-39)23-7-5-9-28(31(23)37-22)44-20-24-25(33)10-11-29(30(24)34)45(42,43)40-16-6-8-26(40)32(41)36-13-17-38-14-3-2-4-15-38/h5,7,9-12,18-19,21,26H,2-4,6,8,13-17,20H2,1H3,(H,36,41)/t26-/m0/s1. The van der Waals surface area contributed by atoms with Crippen LogP contribution < -0.4 is 10.1 Å². The third-order valence-corrected chi connectivity index (χ3v) is 11.3. The molecule has 0 unspecified atom stereocenters. The fraction of sp³-hybridized carbons (Fsp3) is 0.406. The number of para-hydroxylation sites is 1. The van der Waals surface area contributed by atoms with Gasteiger partial charge in [0.05, 0.1) is 17.0 Å². The molecule has 238 valence electrons. The molecule has 2 aromatic heterocycles. The second kappa shape index (κ2) is 13.6. The van der Waals surface area contributed by atoms with E-state index < -0.39 is 16.1 Å². The maximum Gasteiger partial charge on any atom is 0.245 e. The van der Waals surface area contributed by atoms with Crippen LogP contribution >= 0.6 is 23.2 Å². The minimum absolute atomic E-state index is 0.0258. The van der Waals surface area contributed by atoms with Gasteiger partial charge in [-0.3, -0.25) is 4.79 Å². The number of ether oxygens (including phenoxy) is 1. The number of nitrogens with one attached hydrogen (secondary N) is 1. The second-order valence-electron chi connectivity index (χ2n) is 11.5. The molecule has 1 N–H and O–H groups in total. The van der Waals surface area contributed by atoms with E-state index in [1.54, 1.807) is 18.6 Å². The van der Waals surface area contributed by atoms with Gasteiger partial charge < -0.3 is 19.5 Å². The van der Waals surface area contributed by atoms with Gasteiger partial charge in [0.2, 0.25) is 15.9 Å². The molecular formula is C32H36Cl2N6O4S. The molecule has 2 fully saturated rings. The molecular weight excluding hydrogens is 635 g/mol. The van der Waals surface area contributed by atoms with E-state index in [1.807, 2.05) is 35.9 Å². The van der Waals surface area contributed by atoms with Crippen molar-refractivity contribution >= 4 is 50.0 Å². The molecule has 13 heteroatoms. The summed E-state index contributed by atoms with van der Waals surface area (Å²) in [7, 11) is -4.11. The summed E-state index contributed by atoms with van der Waals surface area (Å²) in [5.74, 6) is 0.217. The molecule has 6 rings (SSSR count). The maximum absolute atomic E-state index is 13.9. The quantitative estimate of drug-likeness (QED) is 0.242. The Labute approximate surface area is 273 Å². The molecule has 2 saturated heterocycles. The van der Waals surface area contributed by atoms with E-state index in [2.05, 4.69) is 15.2 Å². The molecule has 0 saturated carbocycles. The summed E-state index contributed by atoms with van der Waals surface area (Å²) >= 11 is 13.3. The van der Waals surface area contributed by atoms with Crippen LogP contribution in [0.25, 0.3) is 16.6 Å². The van der Waals surface area contributed by atoms with Crippen LogP contribution in [0.5, 0.6) is 5.75 Å². The Bertz CT molecular complexity index is 1800. The highest BCUT2D eigenvalue weighted by Gasteiger charge is 2.40. The van der Waals surface area contributed by atoms with Crippen LogP contribution in [0.4, 0.5) is 0 Å². The van der Waals surface area contributed by atoms with Gasteiger partial charge in [-0.25, -0.2) is 18.4 Å². The summed E-state index contributed by atoms with van der Waals surface area (Å²) in [5, 5.41) is 4.07. The van der Waals surface area contributed by atoms with Gasteiger partial charge in [-0.15, -0.1) is 0 Å². The van der Waals surface area contributed by atoms with Crippen LogP contribution in [0.15, 0.2) is 60.0 Å². The molecule has 2 aromatic carbocycles. The Morgan fingerprint density at radius 2 is 1.91 bits per heavy atom. The second-order valence-corrected chi connectivity index (χ2v) is 14.1. The van der Waals surface area contributed by atoms with E-state index in [0.29, 0.717) is 36.2 Å². The van der Waals surface area contributed by atoms with Gasteiger partial charge in [-0.05, 0) is 70.0 Å². The average Bonchev–Trinajstić information content (AvgIpc) is 3.75. The largest absolute Gasteiger partial charge is 0.487 e. The SMILES string of the molecule is Cc1cc(-n2ccnc2)c2cccc(OCc3c(Cl)ccc(S(=O)(=O)N4CCC[C@H]4C(=O)NCCN4CCCCC4)c3Cl)c2n1. The highest BCUT2D eigenvalue weighted by Crippen LogP contribution is 2.37. The van der Waals surface area contributed by atoms with Gasteiger partial charge in [0.15, 0.2) is 0 Å². The van der Waals surface area contributed by atoms with Gasteiger partial charge in [0, 0.05) is 53.7 Å². The van der Waals surface area contributed by atoms with E-state index in [9.17, 15) is 13.2 Å². The van der Waals surface area contributed by atoms with Crippen molar-refractivity contribution in [1.29, 1.82) is 0 Å². The normalized spacial score (nSPS) is 18.0. The van der Waals surface area contributed by atoms with Crippen molar-refractivity contribution < 1.29 is 17.9 Å². The molecule has 1 amide bonds. The monoisotopic (exact) mass is 670 g/mol. The van der Waals surface area contributed by atoms with Gasteiger partial charge in [-0.2, -0.15) is 4.31 Å². The van der Waals surface area contributed by atoms with Crippen molar-refractivity contribution in [2.24, 2.45) is 0 Å². The molecule has 45 heavy (non-hydrogen) atoms.